The molecule has 2 aromatic carbocycles. The number of carbonyl (C=O) groups is 4. The lowest BCUT2D eigenvalue weighted by molar-refractivity contribution is -0.139. The number of aliphatic carboxylic acids is 2. The van der Waals surface area contributed by atoms with Gasteiger partial charge in [0.25, 0.3) is 0 Å². The number of ether oxygens (including phenoxy) is 6. The molecule has 18 nitrogen and oxygen atoms in total. The molecule has 5 rings (SSSR count). The first kappa shape index (κ1) is 65.2. The summed E-state index contributed by atoms with van der Waals surface area (Å²) in [5.41, 5.74) is 0.0435. The molecule has 0 amide bonds. The highest BCUT2D eigenvalue weighted by Gasteiger charge is 2.63. The first-order valence-corrected chi connectivity index (χ1v) is 26.3. The van der Waals surface area contributed by atoms with Crippen molar-refractivity contribution in [1.82, 2.24) is 0 Å². The second kappa shape index (κ2) is 30.7. The lowest BCUT2D eigenvalue weighted by atomic mass is 9.49. The van der Waals surface area contributed by atoms with E-state index in [1.54, 1.807) is 12.1 Å². The van der Waals surface area contributed by atoms with Gasteiger partial charge in [0.1, 0.15) is 0 Å². The van der Waals surface area contributed by atoms with Gasteiger partial charge in [-0.15, -0.1) is 0 Å². The minimum absolute atomic E-state index is 0.00207. The highest BCUT2D eigenvalue weighted by molar-refractivity contribution is 9.10. The van der Waals surface area contributed by atoms with Crippen LogP contribution in [0, 0.1) is 0 Å². The van der Waals surface area contributed by atoms with Gasteiger partial charge >= 0.3 is 33.1 Å². The van der Waals surface area contributed by atoms with Crippen molar-refractivity contribution in [1.29, 1.82) is 0 Å². The van der Waals surface area contributed by atoms with Gasteiger partial charge in [-0.05, 0) is 114 Å². The van der Waals surface area contributed by atoms with E-state index in [-0.39, 0.29) is 60.0 Å². The predicted molar refractivity (Wildman–Crippen MR) is 285 cm³/mol. The number of halogens is 1. The van der Waals surface area contributed by atoms with Crippen LogP contribution in [-0.2, 0) is 65.9 Å². The van der Waals surface area contributed by atoms with E-state index in [2.05, 4.69) is 15.9 Å². The molecule has 0 atom stereocenters. The molecule has 0 aromatic heterocycles. The number of hydrogen-bond donors (Lipinski definition) is 2. The predicted octanol–water partition coefficient (Wildman–Crippen LogP) is 7.66. The number of ketones is 2. The Balaban J connectivity index is 0.000000305. The standard InChI is InChI=1S/C23H35BO8.C17H23BrO6.C12H24B2O4/c1-22(2)23(3,4)32-24(31-22)19-9-7-18(8-10-19)20(25)6-5-12-28-14-16-30-17-15-29-13-11-21(26)27;18-15-5-3-14(4-6-15)16(19)2-1-8-22-10-12-24-13-11-23-9-7-17(20)21;1-9(2)10(3,4)16-13(15-9)14-17-11(5,6)12(7,8)18-14/h7-10H,5-6,11-17H2,1-4H3,(H,26,27);3-6H,1-2,7-13H2,(H,20,21);1-8H3. The summed E-state index contributed by atoms with van der Waals surface area (Å²) >= 11 is 3.34. The van der Waals surface area contributed by atoms with Gasteiger partial charge in [-0.3, -0.25) is 19.2 Å². The number of benzene rings is 2. The van der Waals surface area contributed by atoms with E-state index in [4.69, 9.17) is 66.6 Å². The van der Waals surface area contributed by atoms with Crippen LogP contribution in [0.3, 0.4) is 0 Å². The Kier molecular flexibility index (Phi) is 27.1. The van der Waals surface area contributed by atoms with Crippen LogP contribution < -0.4 is 5.46 Å². The fourth-order valence-electron chi connectivity index (χ4n) is 6.80. The third kappa shape index (κ3) is 22.1. The van der Waals surface area contributed by atoms with Crippen molar-refractivity contribution >= 4 is 66.0 Å². The van der Waals surface area contributed by atoms with Gasteiger partial charge in [0, 0.05) is 41.7 Å². The molecule has 3 saturated heterocycles. The van der Waals surface area contributed by atoms with Crippen LogP contribution in [0.4, 0.5) is 0 Å². The van der Waals surface area contributed by atoms with Crippen LogP contribution in [0.5, 0.6) is 0 Å². The number of rotatable bonds is 30. The van der Waals surface area contributed by atoms with Gasteiger partial charge in [-0.1, -0.05) is 52.3 Å². The summed E-state index contributed by atoms with van der Waals surface area (Å²) in [5, 5.41) is 16.9. The van der Waals surface area contributed by atoms with E-state index in [0.717, 1.165) is 9.94 Å². The average Bonchev–Trinajstić information content (AvgIpc) is 3.79. The number of carboxylic acids is 2. The van der Waals surface area contributed by atoms with Gasteiger partial charge in [0.05, 0.1) is 113 Å². The normalized spacial score (nSPS) is 18.6. The summed E-state index contributed by atoms with van der Waals surface area (Å²) in [4.78, 5) is 44.9. The molecule has 3 aliphatic rings. The maximum Gasteiger partial charge on any atom is 0.494 e. The summed E-state index contributed by atoms with van der Waals surface area (Å²) in [7, 11) is -1.39. The maximum atomic E-state index is 12.4. The summed E-state index contributed by atoms with van der Waals surface area (Å²) in [5.74, 6) is -1.57. The maximum absolute atomic E-state index is 12.4. The first-order valence-electron chi connectivity index (χ1n) is 25.5. The van der Waals surface area contributed by atoms with Gasteiger partial charge in [0.15, 0.2) is 11.6 Å². The molecule has 74 heavy (non-hydrogen) atoms. The Bertz CT molecular complexity index is 1930. The highest BCUT2D eigenvalue weighted by Crippen LogP contribution is 2.43. The van der Waals surface area contributed by atoms with Crippen LogP contribution in [0.2, 0.25) is 0 Å². The molecule has 3 heterocycles. The zero-order valence-electron chi connectivity index (χ0n) is 45.9. The summed E-state index contributed by atoms with van der Waals surface area (Å²) in [6.07, 6.45) is 2.17. The van der Waals surface area contributed by atoms with Crippen molar-refractivity contribution < 1.29 is 85.7 Å². The quantitative estimate of drug-likeness (QED) is 0.0436. The molecule has 0 radical (unpaired) electrons. The summed E-state index contributed by atoms with van der Waals surface area (Å²) in [6.45, 7) is 28.9. The van der Waals surface area contributed by atoms with Gasteiger partial charge in [-0.2, -0.15) is 0 Å². The molecule has 2 aromatic rings. The second-order valence-electron chi connectivity index (χ2n) is 21.0. The minimum atomic E-state index is -0.878. The Labute approximate surface area is 448 Å². The Morgan fingerprint density at radius 1 is 0.405 bits per heavy atom. The van der Waals surface area contributed by atoms with E-state index in [9.17, 15) is 19.2 Å². The lowest BCUT2D eigenvalue weighted by Gasteiger charge is -2.32. The van der Waals surface area contributed by atoms with E-state index in [1.165, 1.54) is 0 Å². The first-order chi connectivity index (χ1) is 34.6. The molecular weight excluding hydrogens is 1020 g/mol. The van der Waals surface area contributed by atoms with Crippen molar-refractivity contribution in [2.24, 2.45) is 0 Å². The number of hydrogen-bond acceptors (Lipinski definition) is 16. The van der Waals surface area contributed by atoms with Crippen LogP contribution in [0.25, 0.3) is 0 Å². The number of carboxylic acid groups (broad SMARTS) is 2. The van der Waals surface area contributed by atoms with Crippen LogP contribution >= 0.6 is 15.9 Å². The average molecular weight is 1110 g/mol. The zero-order valence-corrected chi connectivity index (χ0v) is 47.5. The monoisotopic (exact) mass is 1110 g/mol. The largest absolute Gasteiger partial charge is 0.494 e. The SMILES string of the molecule is CC1(C)OB(B2OC(C)(C)C(C)(C)O2)OC1(C)C.CC1(C)OB(c2ccc(C(=O)CCCOCCOCCOCCC(=O)O)cc2)OC1(C)C.O=C(O)CCOCCOCCOCCCC(=O)c1ccc(Br)cc1. The molecule has 0 spiro atoms. The van der Waals surface area contributed by atoms with Gasteiger partial charge in [0.2, 0.25) is 0 Å². The molecule has 0 saturated carbocycles. The third-order valence-electron chi connectivity index (χ3n) is 13.5. The van der Waals surface area contributed by atoms with Gasteiger partial charge in [-0.25, -0.2) is 0 Å². The summed E-state index contributed by atoms with van der Waals surface area (Å²) < 4.78 is 68.6. The third-order valence-corrected chi connectivity index (χ3v) is 14.0. The fourth-order valence-corrected chi connectivity index (χ4v) is 7.07. The zero-order chi connectivity index (χ0) is 55.2. The van der Waals surface area contributed by atoms with E-state index < -0.39 is 44.3 Å². The molecule has 22 heteroatoms. The Morgan fingerprint density at radius 2 is 0.676 bits per heavy atom. The molecule has 3 aliphatic heterocycles. The van der Waals surface area contributed by atoms with E-state index in [0.29, 0.717) is 103 Å². The van der Waals surface area contributed by atoms with Crippen LogP contribution in [-0.4, -0.2) is 168 Å². The minimum Gasteiger partial charge on any atom is -0.481 e. The second-order valence-corrected chi connectivity index (χ2v) is 21.9. The molecule has 0 bridgehead atoms. The molecule has 2 N–H and O–H groups in total. The highest BCUT2D eigenvalue weighted by atomic mass is 79.9. The Morgan fingerprint density at radius 3 is 0.986 bits per heavy atom. The van der Waals surface area contributed by atoms with Crippen molar-refractivity contribution in [2.45, 2.75) is 155 Å². The molecule has 414 valence electrons. The topological polar surface area (TPSA) is 219 Å². The number of carbonyl (C=O) groups excluding carboxylic acids is 2. The van der Waals surface area contributed by atoms with Crippen molar-refractivity contribution in [3.8, 4) is 0 Å². The van der Waals surface area contributed by atoms with Gasteiger partial charge < -0.3 is 66.6 Å². The van der Waals surface area contributed by atoms with Crippen molar-refractivity contribution in [3.63, 3.8) is 0 Å². The molecule has 0 aliphatic carbocycles. The smallest absolute Gasteiger partial charge is 0.481 e. The van der Waals surface area contributed by atoms with Crippen molar-refractivity contribution in [2.75, 3.05) is 79.3 Å². The molecular formula is C52H82B3BrO18. The number of Topliss-reactive ketones (excluding diaryl/α,β-unsaturated/α-hetero) is 2. The molecule has 3 fully saturated rings. The molecule has 0 unspecified atom stereocenters. The van der Waals surface area contributed by atoms with E-state index >= 15 is 0 Å². The van der Waals surface area contributed by atoms with Crippen molar-refractivity contribution in [3.05, 3.63) is 64.1 Å². The van der Waals surface area contributed by atoms with Crippen LogP contribution in [0.1, 0.15) is 142 Å². The lowest BCUT2D eigenvalue weighted by Crippen LogP contribution is -2.41. The van der Waals surface area contributed by atoms with E-state index in [1.807, 2.05) is 119 Å². The summed E-state index contributed by atoms with van der Waals surface area (Å²) in [6, 6.07) is 14.7. The fraction of sp³-hybridized carbons (Fsp3) is 0.692. The Hall–Kier alpha value is -3.09. The van der Waals surface area contributed by atoms with Crippen LogP contribution in [0.15, 0.2) is 53.0 Å².